The van der Waals surface area contributed by atoms with Crippen molar-refractivity contribution in [3.8, 4) is 0 Å². The average Bonchev–Trinajstić information content (AvgIpc) is 2.62. The lowest BCUT2D eigenvalue weighted by Gasteiger charge is -2.37. The van der Waals surface area contributed by atoms with Crippen LogP contribution in [0.15, 0.2) is 24.3 Å². The number of nitrogens with zero attached hydrogens (tertiary/aromatic N) is 3. The van der Waals surface area contributed by atoms with Gasteiger partial charge < -0.3 is 14.4 Å². The predicted molar refractivity (Wildman–Crippen MR) is 101 cm³/mol. The molecule has 0 spiro atoms. The van der Waals surface area contributed by atoms with Gasteiger partial charge in [-0.3, -0.25) is 0 Å². The Balaban J connectivity index is 1.76. The van der Waals surface area contributed by atoms with Crippen molar-refractivity contribution in [2.24, 2.45) is 0 Å². The van der Waals surface area contributed by atoms with Crippen LogP contribution in [0, 0.1) is 0 Å². The summed E-state index contributed by atoms with van der Waals surface area (Å²) in [6.07, 6.45) is -0.190. The Bertz CT molecular complexity index is 696. The normalized spacial score (nSPS) is 25.6. The van der Waals surface area contributed by atoms with Crippen LogP contribution in [-0.2, 0) is 26.2 Å². The standard InChI is InChI=1S/C18H29N3O4S/c1-15-12-21(13-16(2)25-15)26(22,23)19(3)14-17-6-4-5-7-18(17)20-8-10-24-11-9-20/h4-7,15-16H,8-14H2,1-3H3/t15-,16+. The molecule has 0 amide bonds. The van der Waals surface area contributed by atoms with Crippen LogP contribution in [0.25, 0.3) is 0 Å². The van der Waals surface area contributed by atoms with Crippen molar-refractivity contribution in [2.45, 2.75) is 32.6 Å². The number of benzene rings is 1. The number of ether oxygens (including phenoxy) is 2. The molecular formula is C18H29N3O4S. The number of rotatable bonds is 5. The minimum atomic E-state index is -3.53. The van der Waals surface area contributed by atoms with Gasteiger partial charge in [-0.15, -0.1) is 0 Å². The zero-order valence-electron chi connectivity index (χ0n) is 15.8. The van der Waals surface area contributed by atoms with Crippen LogP contribution in [0.2, 0.25) is 0 Å². The van der Waals surface area contributed by atoms with E-state index in [2.05, 4.69) is 11.0 Å². The molecule has 0 saturated carbocycles. The first kappa shape index (κ1) is 19.6. The second-order valence-corrected chi connectivity index (χ2v) is 9.10. The molecule has 0 aliphatic carbocycles. The zero-order valence-corrected chi connectivity index (χ0v) is 16.6. The van der Waals surface area contributed by atoms with Gasteiger partial charge in [0, 0.05) is 45.5 Å². The van der Waals surface area contributed by atoms with Gasteiger partial charge >= 0.3 is 0 Å². The molecule has 1 aromatic carbocycles. The van der Waals surface area contributed by atoms with Crippen molar-refractivity contribution in [1.29, 1.82) is 0 Å². The summed E-state index contributed by atoms with van der Waals surface area (Å²) in [4.78, 5) is 2.26. The van der Waals surface area contributed by atoms with E-state index in [-0.39, 0.29) is 12.2 Å². The summed E-state index contributed by atoms with van der Waals surface area (Å²) >= 11 is 0. The van der Waals surface area contributed by atoms with E-state index in [9.17, 15) is 8.42 Å². The number of para-hydroxylation sites is 1. The molecule has 146 valence electrons. The van der Waals surface area contributed by atoms with Crippen LogP contribution in [0.4, 0.5) is 5.69 Å². The number of hydrogen-bond acceptors (Lipinski definition) is 5. The van der Waals surface area contributed by atoms with Gasteiger partial charge in [0.15, 0.2) is 0 Å². The highest BCUT2D eigenvalue weighted by Crippen LogP contribution is 2.25. The van der Waals surface area contributed by atoms with E-state index in [0.29, 0.717) is 32.8 Å². The van der Waals surface area contributed by atoms with Gasteiger partial charge in [-0.1, -0.05) is 18.2 Å². The molecule has 8 heteroatoms. The largest absolute Gasteiger partial charge is 0.378 e. The molecule has 0 aromatic heterocycles. The lowest BCUT2D eigenvalue weighted by molar-refractivity contribution is -0.0453. The Labute approximate surface area is 156 Å². The van der Waals surface area contributed by atoms with Crippen LogP contribution >= 0.6 is 0 Å². The average molecular weight is 384 g/mol. The Morgan fingerprint density at radius 2 is 1.73 bits per heavy atom. The molecule has 2 heterocycles. The number of anilines is 1. The van der Waals surface area contributed by atoms with Crippen LogP contribution in [-0.4, -0.2) is 75.7 Å². The molecule has 1 aromatic rings. The van der Waals surface area contributed by atoms with Crippen molar-refractivity contribution >= 4 is 15.9 Å². The molecule has 2 aliphatic rings. The third-order valence-electron chi connectivity index (χ3n) is 4.84. The predicted octanol–water partition coefficient (Wildman–Crippen LogP) is 1.31. The summed E-state index contributed by atoms with van der Waals surface area (Å²) in [7, 11) is -1.88. The SMILES string of the molecule is C[C@@H]1CN(S(=O)(=O)N(C)Cc2ccccc2N2CCOCC2)C[C@H](C)O1. The molecule has 7 nitrogen and oxygen atoms in total. The van der Waals surface area contributed by atoms with Gasteiger partial charge in [0.1, 0.15) is 0 Å². The van der Waals surface area contributed by atoms with Crippen LogP contribution in [0.5, 0.6) is 0 Å². The first-order valence-corrected chi connectivity index (χ1v) is 10.5. The van der Waals surface area contributed by atoms with Gasteiger partial charge in [-0.25, -0.2) is 0 Å². The lowest BCUT2D eigenvalue weighted by atomic mass is 10.1. The third kappa shape index (κ3) is 4.37. The van der Waals surface area contributed by atoms with E-state index in [1.807, 2.05) is 32.0 Å². The summed E-state index contributed by atoms with van der Waals surface area (Å²) in [5, 5.41) is 0. The van der Waals surface area contributed by atoms with E-state index >= 15 is 0 Å². The topological polar surface area (TPSA) is 62.3 Å². The Morgan fingerprint density at radius 3 is 2.38 bits per heavy atom. The maximum Gasteiger partial charge on any atom is 0.282 e. The molecule has 2 aliphatic heterocycles. The van der Waals surface area contributed by atoms with Crippen molar-refractivity contribution < 1.29 is 17.9 Å². The summed E-state index contributed by atoms with van der Waals surface area (Å²) in [6.45, 7) is 7.99. The van der Waals surface area contributed by atoms with Crippen LogP contribution in [0.1, 0.15) is 19.4 Å². The van der Waals surface area contributed by atoms with Gasteiger partial charge in [0.05, 0.1) is 25.4 Å². The highest BCUT2D eigenvalue weighted by atomic mass is 32.2. The maximum atomic E-state index is 13.0. The fraction of sp³-hybridized carbons (Fsp3) is 0.667. The van der Waals surface area contributed by atoms with Crippen LogP contribution in [0.3, 0.4) is 0 Å². The van der Waals surface area contributed by atoms with Crippen molar-refractivity contribution in [3.63, 3.8) is 0 Å². The molecule has 0 bridgehead atoms. The molecular weight excluding hydrogens is 354 g/mol. The highest BCUT2D eigenvalue weighted by molar-refractivity contribution is 7.86. The lowest BCUT2D eigenvalue weighted by Crippen LogP contribution is -2.52. The maximum absolute atomic E-state index is 13.0. The molecule has 0 unspecified atom stereocenters. The van der Waals surface area contributed by atoms with Crippen molar-refractivity contribution in [3.05, 3.63) is 29.8 Å². The fourth-order valence-corrected chi connectivity index (χ4v) is 5.09. The quantitative estimate of drug-likeness (QED) is 0.767. The first-order valence-electron chi connectivity index (χ1n) is 9.15. The van der Waals surface area contributed by atoms with E-state index in [0.717, 1.165) is 24.3 Å². The highest BCUT2D eigenvalue weighted by Gasteiger charge is 2.34. The summed E-state index contributed by atoms with van der Waals surface area (Å²) in [5.74, 6) is 0. The minimum absolute atomic E-state index is 0.0949. The molecule has 0 N–H and O–H groups in total. The smallest absolute Gasteiger partial charge is 0.282 e. The van der Waals surface area contributed by atoms with E-state index in [1.54, 1.807) is 7.05 Å². The number of morpholine rings is 2. The Kier molecular flexibility index (Phi) is 6.19. The Morgan fingerprint density at radius 1 is 1.12 bits per heavy atom. The third-order valence-corrected chi connectivity index (χ3v) is 6.71. The summed E-state index contributed by atoms with van der Waals surface area (Å²) in [5.41, 5.74) is 2.09. The molecule has 26 heavy (non-hydrogen) atoms. The van der Waals surface area contributed by atoms with Gasteiger partial charge in [-0.05, 0) is 25.5 Å². The van der Waals surface area contributed by atoms with Gasteiger partial charge in [0.2, 0.25) is 0 Å². The monoisotopic (exact) mass is 383 g/mol. The first-order chi connectivity index (χ1) is 12.4. The Hall–Kier alpha value is -1.19. The summed E-state index contributed by atoms with van der Waals surface area (Å²) in [6, 6.07) is 8.01. The minimum Gasteiger partial charge on any atom is -0.378 e. The molecule has 2 atom stereocenters. The number of hydrogen-bond donors (Lipinski definition) is 0. The van der Waals surface area contributed by atoms with E-state index < -0.39 is 10.2 Å². The van der Waals surface area contributed by atoms with Crippen molar-refractivity contribution in [1.82, 2.24) is 8.61 Å². The van der Waals surface area contributed by atoms with Crippen LogP contribution < -0.4 is 4.90 Å². The summed E-state index contributed by atoms with van der Waals surface area (Å²) < 4.78 is 40.1. The fourth-order valence-electron chi connectivity index (χ4n) is 3.59. The van der Waals surface area contributed by atoms with E-state index in [4.69, 9.17) is 9.47 Å². The molecule has 2 saturated heterocycles. The second kappa shape index (κ2) is 8.22. The van der Waals surface area contributed by atoms with Gasteiger partial charge in [0.25, 0.3) is 10.2 Å². The molecule has 3 rings (SSSR count). The van der Waals surface area contributed by atoms with E-state index in [1.165, 1.54) is 8.61 Å². The molecule has 2 fully saturated rings. The zero-order chi connectivity index (χ0) is 18.7. The molecule has 0 radical (unpaired) electrons. The van der Waals surface area contributed by atoms with Crippen molar-refractivity contribution in [2.75, 3.05) is 51.3 Å². The second-order valence-electron chi connectivity index (χ2n) is 7.07. The van der Waals surface area contributed by atoms with Gasteiger partial charge in [-0.2, -0.15) is 17.0 Å².